The first-order valence-corrected chi connectivity index (χ1v) is 22.8. The number of nitrogens with one attached hydrogen (secondary N) is 1. The summed E-state index contributed by atoms with van der Waals surface area (Å²) in [5.74, 6) is -6.77. The summed E-state index contributed by atoms with van der Waals surface area (Å²) in [5.41, 5.74) is 14.3. The largest absolute Gasteiger partial charge is 0.463 e. The highest BCUT2D eigenvalue weighted by molar-refractivity contribution is 5.82. The molecule has 6 rings (SSSR count). The molecule has 3 aromatic rings. The van der Waals surface area contributed by atoms with Crippen molar-refractivity contribution in [2.24, 2.45) is 5.11 Å². The van der Waals surface area contributed by atoms with Gasteiger partial charge in [-0.15, -0.1) is 0 Å². The van der Waals surface area contributed by atoms with E-state index in [1.54, 1.807) is 30.3 Å². The van der Waals surface area contributed by atoms with Crippen LogP contribution in [0, 0.1) is 0 Å². The maximum Gasteiger partial charge on any atom is 0.407 e. The number of hydrogen-bond acceptors (Lipinski definition) is 21. The number of alkyl carbamates (subject to hydrolysis) is 1. The SMILES string of the molecule is CC(=O)OC[C@H]1O[C@@H](O[C@H]2[C@H](OC(C)=O)[C@@H](N=[N+]=[N-])[C@@H](OC[C@H](NC(=O)OCC3c4ccccc4-c4ccccc43)C(=O)OCc3ccccc3)O[C@@H]2COC(C)=O)[C@H](OC(C)=O)[C@@H](OC(C)=O)[C@H]1OC(C)=O. The van der Waals surface area contributed by atoms with Crippen molar-refractivity contribution in [3.05, 3.63) is 106 Å². The van der Waals surface area contributed by atoms with E-state index in [9.17, 15) is 43.9 Å². The number of azide groups is 1. The lowest BCUT2D eigenvalue weighted by molar-refractivity contribution is -0.349. The van der Waals surface area contributed by atoms with Gasteiger partial charge in [0, 0.05) is 52.4 Å². The third-order valence-corrected chi connectivity index (χ3v) is 11.4. The number of nitrogens with zero attached hydrogens (tertiary/aromatic N) is 3. The average molecular weight is 1020 g/mol. The summed E-state index contributed by atoms with van der Waals surface area (Å²) in [7, 11) is 0. The zero-order valence-corrected chi connectivity index (χ0v) is 40.5. The number of rotatable bonds is 20. The second-order valence-corrected chi connectivity index (χ2v) is 16.7. The van der Waals surface area contributed by atoms with E-state index >= 15 is 0 Å². The first-order valence-electron chi connectivity index (χ1n) is 22.8. The molecule has 73 heavy (non-hydrogen) atoms. The van der Waals surface area contributed by atoms with Crippen LogP contribution in [-0.4, -0.2) is 142 Å². The summed E-state index contributed by atoms with van der Waals surface area (Å²) >= 11 is 0. The van der Waals surface area contributed by atoms with Gasteiger partial charge in [-0.1, -0.05) is 84.0 Å². The van der Waals surface area contributed by atoms with Crippen LogP contribution in [0.4, 0.5) is 4.79 Å². The van der Waals surface area contributed by atoms with Gasteiger partial charge in [0.1, 0.15) is 56.9 Å². The van der Waals surface area contributed by atoms with E-state index in [1.165, 1.54) is 0 Å². The molecular formula is C49H54N4O20. The van der Waals surface area contributed by atoms with Crippen LogP contribution in [0.25, 0.3) is 21.6 Å². The van der Waals surface area contributed by atoms with E-state index < -0.39 is 135 Å². The summed E-state index contributed by atoms with van der Waals surface area (Å²) in [6.07, 6.45) is -16.5. The Labute approximate surface area is 417 Å². The summed E-state index contributed by atoms with van der Waals surface area (Å²) in [6, 6.07) is 20.6. The molecule has 3 aliphatic rings. The van der Waals surface area contributed by atoms with Crippen molar-refractivity contribution in [2.75, 3.05) is 26.4 Å². The summed E-state index contributed by atoms with van der Waals surface area (Å²) < 4.78 is 68.8. The van der Waals surface area contributed by atoms with Crippen molar-refractivity contribution in [2.45, 2.75) is 121 Å². The van der Waals surface area contributed by atoms with Crippen molar-refractivity contribution >= 4 is 47.9 Å². The Bertz CT molecular complexity index is 2490. The van der Waals surface area contributed by atoms with E-state index in [1.807, 2.05) is 48.5 Å². The predicted octanol–water partition coefficient (Wildman–Crippen LogP) is 4.02. The molecule has 2 saturated heterocycles. The second-order valence-electron chi connectivity index (χ2n) is 16.7. The van der Waals surface area contributed by atoms with Crippen LogP contribution in [0.3, 0.4) is 0 Å². The molecule has 0 saturated carbocycles. The topological polar surface area (TPSA) is 308 Å². The fraction of sp³-hybridized carbons (Fsp3) is 0.469. The van der Waals surface area contributed by atoms with Crippen LogP contribution < -0.4 is 5.32 Å². The van der Waals surface area contributed by atoms with Gasteiger partial charge in [0.2, 0.25) is 0 Å². The van der Waals surface area contributed by atoms with Gasteiger partial charge in [-0.25, -0.2) is 9.59 Å². The zero-order chi connectivity index (χ0) is 52.8. The molecule has 2 aliphatic heterocycles. The molecule has 3 aromatic carbocycles. The van der Waals surface area contributed by atoms with E-state index in [2.05, 4.69) is 15.3 Å². The first-order chi connectivity index (χ1) is 34.9. The minimum atomic E-state index is -1.92. The number of carbonyl (C=O) groups is 8. The van der Waals surface area contributed by atoms with Gasteiger partial charge in [0.05, 0.1) is 6.61 Å². The maximum absolute atomic E-state index is 13.9. The molecule has 24 heteroatoms. The van der Waals surface area contributed by atoms with Crippen molar-refractivity contribution in [3.8, 4) is 11.1 Å². The van der Waals surface area contributed by atoms with Gasteiger partial charge in [-0.3, -0.25) is 28.8 Å². The smallest absolute Gasteiger partial charge is 0.407 e. The van der Waals surface area contributed by atoms with Gasteiger partial charge in [0.25, 0.3) is 0 Å². The molecule has 11 atom stereocenters. The Hall–Kier alpha value is -7.63. The minimum absolute atomic E-state index is 0.125. The van der Waals surface area contributed by atoms with Crippen LogP contribution in [0.5, 0.6) is 0 Å². The quantitative estimate of drug-likeness (QED) is 0.0549. The van der Waals surface area contributed by atoms with Crippen LogP contribution in [-0.2, 0) is 97.0 Å². The fourth-order valence-corrected chi connectivity index (χ4v) is 8.46. The molecule has 390 valence electrons. The lowest BCUT2D eigenvalue weighted by Crippen LogP contribution is -2.66. The fourth-order valence-electron chi connectivity index (χ4n) is 8.46. The summed E-state index contributed by atoms with van der Waals surface area (Å²) in [6.45, 7) is 3.73. The minimum Gasteiger partial charge on any atom is -0.463 e. The molecule has 0 bridgehead atoms. The Morgan fingerprint density at radius 1 is 0.575 bits per heavy atom. The number of hydrogen-bond donors (Lipinski definition) is 1. The highest BCUT2D eigenvalue weighted by Gasteiger charge is 2.57. The Balaban J connectivity index is 1.30. The molecule has 1 amide bonds. The number of benzene rings is 3. The number of fused-ring (bicyclic) bond motifs is 3. The molecular weight excluding hydrogens is 965 g/mol. The lowest BCUT2D eigenvalue weighted by atomic mass is 9.95. The van der Waals surface area contributed by atoms with Crippen molar-refractivity contribution in [1.29, 1.82) is 0 Å². The first kappa shape index (κ1) is 54.7. The molecule has 1 aliphatic carbocycles. The predicted molar refractivity (Wildman–Crippen MR) is 245 cm³/mol. The maximum atomic E-state index is 13.9. The third kappa shape index (κ3) is 14.7. The Morgan fingerprint density at radius 2 is 1.08 bits per heavy atom. The monoisotopic (exact) mass is 1020 g/mol. The number of ether oxygens (including phenoxy) is 12. The Morgan fingerprint density at radius 3 is 1.64 bits per heavy atom. The van der Waals surface area contributed by atoms with E-state index in [4.69, 9.17) is 56.8 Å². The molecule has 0 radical (unpaired) electrons. The summed E-state index contributed by atoms with van der Waals surface area (Å²) in [5, 5.41) is 6.29. The van der Waals surface area contributed by atoms with Crippen molar-refractivity contribution in [3.63, 3.8) is 0 Å². The molecule has 2 heterocycles. The van der Waals surface area contributed by atoms with Crippen LogP contribution in [0.2, 0.25) is 0 Å². The van der Waals surface area contributed by atoms with Crippen LogP contribution in [0.15, 0.2) is 84.0 Å². The molecule has 0 spiro atoms. The van der Waals surface area contributed by atoms with Gasteiger partial charge >= 0.3 is 47.9 Å². The van der Waals surface area contributed by atoms with Crippen molar-refractivity contribution < 1.29 is 95.2 Å². The Kier molecular flexibility index (Phi) is 19.2. The highest BCUT2D eigenvalue weighted by atomic mass is 16.8. The van der Waals surface area contributed by atoms with Crippen LogP contribution in [0.1, 0.15) is 64.2 Å². The number of carbonyl (C=O) groups excluding carboxylic acids is 8. The number of amides is 1. The van der Waals surface area contributed by atoms with Gasteiger partial charge in [-0.2, -0.15) is 0 Å². The van der Waals surface area contributed by atoms with Crippen molar-refractivity contribution in [1.82, 2.24) is 5.32 Å². The molecule has 0 aromatic heterocycles. The zero-order valence-electron chi connectivity index (χ0n) is 40.5. The van der Waals surface area contributed by atoms with E-state index in [0.29, 0.717) is 5.56 Å². The molecule has 24 nitrogen and oxygen atoms in total. The van der Waals surface area contributed by atoms with Gasteiger partial charge < -0.3 is 62.2 Å². The molecule has 2 fully saturated rings. The van der Waals surface area contributed by atoms with Gasteiger partial charge in [0.15, 0.2) is 36.9 Å². The van der Waals surface area contributed by atoms with Gasteiger partial charge in [-0.05, 0) is 33.3 Å². The van der Waals surface area contributed by atoms with Crippen LogP contribution >= 0.6 is 0 Å². The third-order valence-electron chi connectivity index (χ3n) is 11.4. The lowest BCUT2D eigenvalue weighted by Gasteiger charge is -2.48. The number of esters is 7. The normalized spacial score (nSPS) is 24.4. The highest BCUT2D eigenvalue weighted by Crippen LogP contribution is 2.44. The standard InChI is InChI=1S/C49H54N4O20/c1-25(54)62-23-38-41(73-48-45(70-30(6)59)44(69-29(5)58)42(67-27(3)56)39(72-48)24-63-26(2)55)43(68-28(4)57)40(52-53-50)47(71-38)65-22-37(46(60)64-20-31-14-8-7-9-15-31)51-49(61)66-21-36-34-18-12-10-16-32(34)33-17-11-13-19-35(33)36/h7-19,36-45,47-48H,20-24H2,1-6H3,(H,51,61)/t37-,38+,39+,40+,41+,42-,43+,44-,45+,47-,48-/m0/s1. The summed E-state index contributed by atoms with van der Waals surface area (Å²) in [4.78, 5) is 105. The molecule has 1 N–H and O–H groups in total. The second kappa shape index (κ2) is 25.7. The van der Waals surface area contributed by atoms with E-state index in [-0.39, 0.29) is 19.1 Å². The average Bonchev–Trinajstić information content (AvgIpc) is 3.66. The van der Waals surface area contributed by atoms with E-state index in [0.717, 1.165) is 63.8 Å². The molecule has 0 unspecified atom stereocenters.